The van der Waals surface area contributed by atoms with Gasteiger partial charge in [-0.25, -0.2) is 0 Å². The Kier molecular flexibility index (Phi) is 4.11. The minimum absolute atomic E-state index is 0.0418. The van der Waals surface area contributed by atoms with E-state index >= 15 is 0 Å². The third-order valence-electron chi connectivity index (χ3n) is 3.95. The summed E-state index contributed by atoms with van der Waals surface area (Å²) >= 11 is 0. The summed E-state index contributed by atoms with van der Waals surface area (Å²) in [6.45, 7) is 7.08. The van der Waals surface area contributed by atoms with E-state index in [1.165, 1.54) is 4.90 Å². The molecular weight excluding hydrogens is 268 g/mol. The number of carbonyl (C=O) groups is 2. The third-order valence-corrected chi connectivity index (χ3v) is 3.95. The van der Waals surface area contributed by atoms with Gasteiger partial charge in [0.25, 0.3) is 5.91 Å². The van der Waals surface area contributed by atoms with Crippen LogP contribution in [0.3, 0.4) is 0 Å². The molecule has 0 N–H and O–H groups in total. The lowest BCUT2D eigenvalue weighted by Gasteiger charge is -2.39. The Morgan fingerprint density at radius 1 is 1.43 bits per heavy atom. The number of carbonyl (C=O) groups excluding carboxylic acids is 2. The molecule has 1 aromatic heterocycles. The Morgan fingerprint density at radius 3 is 2.76 bits per heavy atom. The highest BCUT2D eigenvalue weighted by atomic mass is 16.5. The van der Waals surface area contributed by atoms with Gasteiger partial charge in [0.2, 0.25) is 0 Å². The molecule has 0 radical (unpaired) electrons. The maximum absolute atomic E-state index is 12.6. The quantitative estimate of drug-likeness (QED) is 0.851. The van der Waals surface area contributed by atoms with Crippen LogP contribution in [0.15, 0.2) is 35.9 Å². The normalized spacial score (nSPS) is 16.0. The summed E-state index contributed by atoms with van der Waals surface area (Å²) < 4.78 is 5.48. The number of ether oxygens (including phenoxy) is 1. The number of pyridine rings is 1. The van der Waals surface area contributed by atoms with E-state index < -0.39 is 5.54 Å². The molecule has 1 amide bonds. The van der Waals surface area contributed by atoms with Gasteiger partial charge < -0.3 is 4.74 Å². The van der Waals surface area contributed by atoms with Gasteiger partial charge in [0.15, 0.2) is 12.5 Å². The minimum atomic E-state index is -0.922. The predicted molar refractivity (Wildman–Crippen MR) is 78.2 cm³/mol. The van der Waals surface area contributed by atoms with Crippen molar-refractivity contribution < 1.29 is 14.3 Å². The van der Waals surface area contributed by atoms with Crippen molar-refractivity contribution in [1.82, 2.24) is 9.88 Å². The molecule has 0 saturated carbocycles. The van der Waals surface area contributed by atoms with Crippen LogP contribution in [0.5, 0.6) is 0 Å². The first-order valence-corrected chi connectivity index (χ1v) is 6.88. The van der Waals surface area contributed by atoms with E-state index in [4.69, 9.17) is 4.74 Å². The second-order valence-electron chi connectivity index (χ2n) is 5.71. The van der Waals surface area contributed by atoms with Crippen LogP contribution in [0.4, 0.5) is 0 Å². The molecule has 1 aliphatic rings. The van der Waals surface area contributed by atoms with Crippen LogP contribution in [-0.4, -0.2) is 33.8 Å². The third kappa shape index (κ3) is 2.96. The number of aromatic nitrogens is 1. The highest BCUT2D eigenvalue weighted by molar-refractivity contribution is 5.99. The average molecular weight is 288 g/mol. The van der Waals surface area contributed by atoms with Crippen molar-refractivity contribution in [2.24, 2.45) is 0 Å². The van der Waals surface area contributed by atoms with Gasteiger partial charge in [0.1, 0.15) is 5.76 Å². The molecule has 2 rings (SSSR count). The van der Waals surface area contributed by atoms with Gasteiger partial charge in [-0.05, 0) is 39.3 Å². The zero-order chi connectivity index (χ0) is 15.6. The summed E-state index contributed by atoms with van der Waals surface area (Å²) in [5.74, 6) is 0.426. The number of rotatable bonds is 4. The molecule has 0 spiro atoms. The van der Waals surface area contributed by atoms with Crippen LogP contribution < -0.4 is 0 Å². The Morgan fingerprint density at radius 2 is 2.14 bits per heavy atom. The molecule has 0 saturated heterocycles. The number of Topliss-reactive ketones (excluding diaryl/α,β-unsaturated/α-hetero) is 1. The Hall–Kier alpha value is -2.17. The Labute approximate surface area is 124 Å². The maximum Gasteiger partial charge on any atom is 0.256 e. The highest BCUT2D eigenvalue weighted by Crippen LogP contribution is 2.25. The van der Waals surface area contributed by atoms with Crippen molar-refractivity contribution in [3.8, 4) is 0 Å². The average Bonchev–Trinajstić information content (AvgIpc) is 2.45. The summed E-state index contributed by atoms with van der Waals surface area (Å²) in [5.41, 5.74) is 0.461. The number of allylic oxidation sites excluding steroid dienone is 1. The zero-order valence-electron chi connectivity index (χ0n) is 12.8. The molecule has 0 bridgehead atoms. The van der Waals surface area contributed by atoms with E-state index in [-0.39, 0.29) is 24.8 Å². The Bertz CT molecular complexity index is 591. The van der Waals surface area contributed by atoms with Crippen LogP contribution in [0, 0.1) is 0 Å². The van der Waals surface area contributed by atoms with Gasteiger partial charge in [0.05, 0.1) is 11.1 Å². The lowest BCUT2D eigenvalue weighted by atomic mass is 9.91. The number of hydrogen-bond donors (Lipinski definition) is 0. The van der Waals surface area contributed by atoms with E-state index in [0.29, 0.717) is 11.3 Å². The number of nitrogens with zero attached hydrogens (tertiary/aromatic N) is 2. The van der Waals surface area contributed by atoms with Crippen molar-refractivity contribution in [2.75, 3.05) is 6.73 Å². The molecule has 0 aliphatic carbocycles. The second-order valence-corrected chi connectivity index (χ2v) is 5.71. The number of hydrogen-bond acceptors (Lipinski definition) is 4. The highest BCUT2D eigenvalue weighted by Gasteiger charge is 2.40. The van der Waals surface area contributed by atoms with Crippen LogP contribution in [0.2, 0.25) is 0 Å². The summed E-state index contributed by atoms with van der Waals surface area (Å²) in [4.78, 5) is 30.4. The van der Waals surface area contributed by atoms with E-state index in [9.17, 15) is 9.59 Å². The second kappa shape index (κ2) is 5.68. The summed E-state index contributed by atoms with van der Waals surface area (Å²) in [6, 6.07) is 3.64. The molecular formula is C16H20N2O3. The SMILES string of the molecule is CC1=C(C)C(=O)N(C(C)(C)C(=O)Cc2cccnc2)CO1. The molecule has 0 fully saturated rings. The maximum atomic E-state index is 12.6. The van der Waals surface area contributed by atoms with Crippen molar-refractivity contribution >= 4 is 11.7 Å². The van der Waals surface area contributed by atoms with E-state index in [1.54, 1.807) is 46.2 Å². The van der Waals surface area contributed by atoms with Gasteiger partial charge >= 0.3 is 0 Å². The molecule has 5 heteroatoms. The van der Waals surface area contributed by atoms with Crippen molar-refractivity contribution in [1.29, 1.82) is 0 Å². The summed E-state index contributed by atoms with van der Waals surface area (Å²) in [5, 5.41) is 0. The van der Waals surface area contributed by atoms with E-state index in [1.807, 2.05) is 6.07 Å². The van der Waals surface area contributed by atoms with E-state index in [2.05, 4.69) is 4.98 Å². The topological polar surface area (TPSA) is 59.5 Å². The zero-order valence-corrected chi connectivity index (χ0v) is 12.8. The number of ketones is 1. The molecule has 21 heavy (non-hydrogen) atoms. The van der Waals surface area contributed by atoms with E-state index in [0.717, 1.165) is 5.56 Å². The van der Waals surface area contributed by atoms with Crippen LogP contribution in [0.25, 0.3) is 0 Å². The molecule has 5 nitrogen and oxygen atoms in total. The van der Waals surface area contributed by atoms with Gasteiger partial charge in [-0.1, -0.05) is 6.07 Å². The standard InChI is InChI=1S/C16H20N2O3/c1-11-12(2)21-10-18(15(11)20)16(3,4)14(19)8-13-6-5-7-17-9-13/h5-7,9H,8,10H2,1-4H3. The minimum Gasteiger partial charge on any atom is -0.477 e. The molecule has 112 valence electrons. The smallest absolute Gasteiger partial charge is 0.256 e. The largest absolute Gasteiger partial charge is 0.477 e. The van der Waals surface area contributed by atoms with Gasteiger partial charge in [-0.2, -0.15) is 0 Å². The molecule has 0 atom stereocenters. The Balaban J connectivity index is 2.18. The summed E-state index contributed by atoms with van der Waals surface area (Å²) in [6.07, 6.45) is 3.57. The fourth-order valence-electron chi connectivity index (χ4n) is 2.15. The van der Waals surface area contributed by atoms with Gasteiger partial charge in [-0.15, -0.1) is 0 Å². The molecule has 1 aromatic rings. The predicted octanol–water partition coefficient (Wildman–Crippen LogP) is 2.08. The first-order valence-electron chi connectivity index (χ1n) is 6.88. The lowest BCUT2D eigenvalue weighted by Crippen LogP contribution is -2.56. The summed E-state index contributed by atoms with van der Waals surface area (Å²) in [7, 11) is 0. The van der Waals surface area contributed by atoms with Crippen molar-refractivity contribution in [3.63, 3.8) is 0 Å². The van der Waals surface area contributed by atoms with Gasteiger partial charge in [-0.3, -0.25) is 19.5 Å². The van der Waals surface area contributed by atoms with Crippen LogP contribution in [-0.2, 0) is 20.7 Å². The molecule has 1 aliphatic heterocycles. The monoisotopic (exact) mass is 288 g/mol. The van der Waals surface area contributed by atoms with Crippen molar-refractivity contribution in [3.05, 3.63) is 41.4 Å². The molecule has 0 aromatic carbocycles. The van der Waals surface area contributed by atoms with Gasteiger partial charge in [0, 0.05) is 18.8 Å². The van der Waals surface area contributed by atoms with Crippen molar-refractivity contribution in [2.45, 2.75) is 39.7 Å². The lowest BCUT2D eigenvalue weighted by molar-refractivity contribution is -0.150. The van der Waals surface area contributed by atoms with Crippen LogP contribution in [0.1, 0.15) is 33.3 Å². The first kappa shape index (κ1) is 15.2. The van der Waals surface area contributed by atoms with Crippen LogP contribution >= 0.6 is 0 Å². The molecule has 2 heterocycles. The fourth-order valence-corrected chi connectivity index (χ4v) is 2.15. The first-order chi connectivity index (χ1) is 9.84. The molecule has 0 unspecified atom stereocenters. The number of amides is 1. The fraction of sp³-hybridized carbons (Fsp3) is 0.438.